The molecule has 1 aromatic heterocycles. The molecule has 1 atom stereocenters. The lowest BCUT2D eigenvalue weighted by Crippen LogP contribution is -2.30. The van der Waals surface area contributed by atoms with Crippen LogP contribution in [-0.2, 0) is 9.53 Å². The summed E-state index contributed by atoms with van der Waals surface area (Å²) >= 11 is 0. The molecular formula is C18H20N2O3. The van der Waals surface area contributed by atoms with Gasteiger partial charge in [0.2, 0.25) is 0 Å². The molecule has 120 valence electrons. The highest BCUT2D eigenvalue weighted by Gasteiger charge is 2.20. The average Bonchev–Trinajstić information content (AvgIpc) is 2.51. The summed E-state index contributed by atoms with van der Waals surface area (Å²) in [6, 6.07) is 8.92. The van der Waals surface area contributed by atoms with Crippen LogP contribution in [0.2, 0.25) is 0 Å². The second-order valence-electron chi connectivity index (χ2n) is 5.53. The number of amides is 1. The Labute approximate surface area is 135 Å². The highest BCUT2D eigenvalue weighted by molar-refractivity contribution is 5.97. The van der Waals surface area contributed by atoms with Gasteiger partial charge < -0.3 is 10.1 Å². The van der Waals surface area contributed by atoms with E-state index in [0.717, 1.165) is 22.4 Å². The van der Waals surface area contributed by atoms with Crippen molar-refractivity contribution >= 4 is 17.6 Å². The lowest BCUT2D eigenvalue weighted by molar-refractivity contribution is -0.123. The minimum Gasteiger partial charge on any atom is -0.448 e. The molecular weight excluding hydrogens is 292 g/mol. The van der Waals surface area contributed by atoms with Crippen LogP contribution in [0.3, 0.4) is 0 Å². The number of pyridine rings is 1. The van der Waals surface area contributed by atoms with E-state index in [-0.39, 0.29) is 11.6 Å². The first-order valence-electron chi connectivity index (χ1n) is 7.39. The van der Waals surface area contributed by atoms with Gasteiger partial charge in [0.05, 0.1) is 0 Å². The maximum absolute atomic E-state index is 12.3. The zero-order valence-corrected chi connectivity index (χ0v) is 13.7. The van der Waals surface area contributed by atoms with Crippen molar-refractivity contribution in [3.8, 4) is 0 Å². The molecule has 0 aliphatic carbocycles. The van der Waals surface area contributed by atoms with Crippen LogP contribution < -0.4 is 5.32 Å². The number of hydrogen-bond acceptors (Lipinski definition) is 4. The second-order valence-corrected chi connectivity index (χ2v) is 5.53. The van der Waals surface area contributed by atoms with E-state index in [1.54, 1.807) is 18.2 Å². The highest BCUT2D eigenvalue weighted by Crippen LogP contribution is 2.22. The Morgan fingerprint density at radius 2 is 1.78 bits per heavy atom. The summed E-state index contributed by atoms with van der Waals surface area (Å²) in [5, 5.41) is 2.83. The van der Waals surface area contributed by atoms with Gasteiger partial charge in [0.15, 0.2) is 6.10 Å². The van der Waals surface area contributed by atoms with Gasteiger partial charge in [-0.15, -0.1) is 0 Å². The summed E-state index contributed by atoms with van der Waals surface area (Å²) < 4.78 is 5.16. The number of anilines is 1. The molecule has 2 aromatic rings. The number of ether oxygens (including phenoxy) is 1. The number of rotatable bonds is 4. The molecule has 1 N–H and O–H groups in total. The van der Waals surface area contributed by atoms with Crippen LogP contribution in [-0.4, -0.2) is 23.0 Å². The Morgan fingerprint density at radius 1 is 1.13 bits per heavy atom. The summed E-state index contributed by atoms with van der Waals surface area (Å²) in [5.74, 6) is -0.991. The van der Waals surface area contributed by atoms with Gasteiger partial charge in [0.25, 0.3) is 5.91 Å². The molecule has 0 saturated heterocycles. The number of nitrogens with zero attached hydrogens (tertiary/aromatic N) is 1. The van der Waals surface area contributed by atoms with Crippen molar-refractivity contribution in [2.24, 2.45) is 0 Å². The first kappa shape index (κ1) is 16.7. The van der Waals surface area contributed by atoms with E-state index in [1.165, 1.54) is 13.1 Å². The van der Waals surface area contributed by atoms with Gasteiger partial charge in [-0.3, -0.25) is 4.79 Å². The maximum atomic E-state index is 12.3. The molecule has 0 aliphatic rings. The smallest absolute Gasteiger partial charge is 0.357 e. The molecule has 1 unspecified atom stereocenters. The molecule has 0 fully saturated rings. The van der Waals surface area contributed by atoms with Gasteiger partial charge in [-0.1, -0.05) is 23.8 Å². The zero-order valence-electron chi connectivity index (χ0n) is 13.7. The Hall–Kier alpha value is -2.69. The standard InChI is InChI=1S/C18H20N2O3/c1-11-9-12(2)16(13(3)10-11)20-17(21)14(4)23-18(22)15-7-5-6-8-19-15/h5-10,14H,1-4H3,(H,20,21). The Bertz CT molecular complexity index is 703. The predicted octanol–water partition coefficient (Wildman–Crippen LogP) is 3.19. The number of nitrogens with one attached hydrogen (secondary N) is 1. The van der Waals surface area contributed by atoms with Gasteiger partial charge in [-0.2, -0.15) is 0 Å². The summed E-state index contributed by atoms with van der Waals surface area (Å²) in [7, 11) is 0. The fraction of sp³-hybridized carbons (Fsp3) is 0.278. The number of hydrogen-bond donors (Lipinski definition) is 1. The number of aryl methyl sites for hydroxylation is 3. The summed E-state index contributed by atoms with van der Waals surface area (Å²) in [4.78, 5) is 28.1. The predicted molar refractivity (Wildman–Crippen MR) is 88.4 cm³/mol. The van der Waals surface area contributed by atoms with Crippen molar-refractivity contribution in [2.75, 3.05) is 5.32 Å². The van der Waals surface area contributed by atoms with Gasteiger partial charge in [0, 0.05) is 11.9 Å². The molecule has 5 heteroatoms. The van der Waals surface area contributed by atoms with E-state index < -0.39 is 12.1 Å². The molecule has 5 nitrogen and oxygen atoms in total. The monoisotopic (exact) mass is 312 g/mol. The van der Waals surface area contributed by atoms with Crippen molar-refractivity contribution in [2.45, 2.75) is 33.8 Å². The highest BCUT2D eigenvalue weighted by atomic mass is 16.5. The van der Waals surface area contributed by atoms with E-state index in [1.807, 2.05) is 32.9 Å². The topological polar surface area (TPSA) is 68.3 Å². The molecule has 0 aliphatic heterocycles. The molecule has 23 heavy (non-hydrogen) atoms. The van der Waals surface area contributed by atoms with Gasteiger partial charge in [0.1, 0.15) is 5.69 Å². The van der Waals surface area contributed by atoms with Crippen molar-refractivity contribution in [1.29, 1.82) is 0 Å². The normalized spacial score (nSPS) is 11.7. The van der Waals surface area contributed by atoms with Crippen LogP contribution in [0.15, 0.2) is 36.5 Å². The number of esters is 1. The molecule has 1 aromatic carbocycles. The zero-order chi connectivity index (χ0) is 17.0. The number of carbonyl (C=O) groups is 2. The largest absolute Gasteiger partial charge is 0.448 e. The molecule has 1 amide bonds. The lowest BCUT2D eigenvalue weighted by Gasteiger charge is -2.16. The second kappa shape index (κ2) is 7.05. The Kier molecular flexibility index (Phi) is 5.11. The van der Waals surface area contributed by atoms with E-state index in [0.29, 0.717) is 0 Å². The first-order chi connectivity index (χ1) is 10.9. The molecule has 2 rings (SSSR count). The first-order valence-corrected chi connectivity index (χ1v) is 7.39. The van der Waals surface area contributed by atoms with Gasteiger partial charge in [-0.25, -0.2) is 9.78 Å². The molecule has 0 spiro atoms. The van der Waals surface area contributed by atoms with Crippen molar-refractivity contribution < 1.29 is 14.3 Å². The van der Waals surface area contributed by atoms with Crippen LogP contribution in [0.5, 0.6) is 0 Å². The van der Waals surface area contributed by atoms with Crippen molar-refractivity contribution in [3.05, 3.63) is 58.9 Å². The molecule has 0 radical (unpaired) electrons. The van der Waals surface area contributed by atoms with Crippen LogP contribution in [0, 0.1) is 20.8 Å². The number of benzene rings is 1. The fourth-order valence-corrected chi connectivity index (χ4v) is 2.36. The third kappa shape index (κ3) is 4.16. The molecule has 0 bridgehead atoms. The minimum absolute atomic E-state index is 0.176. The quantitative estimate of drug-likeness (QED) is 0.880. The van der Waals surface area contributed by atoms with Gasteiger partial charge >= 0.3 is 5.97 Å². The Balaban J connectivity index is 2.05. The molecule has 1 heterocycles. The SMILES string of the molecule is Cc1cc(C)c(NC(=O)C(C)OC(=O)c2ccccn2)c(C)c1. The summed E-state index contributed by atoms with van der Waals surface area (Å²) in [6.07, 6.45) is 0.588. The lowest BCUT2D eigenvalue weighted by atomic mass is 10.0. The van der Waals surface area contributed by atoms with E-state index >= 15 is 0 Å². The maximum Gasteiger partial charge on any atom is 0.357 e. The van der Waals surface area contributed by atoms with Crippen molar-refractivity contribution in [1.82, 2.24) is 4.98 Å². The minimum atomic E-state index is -0.912. The average molecular weight is 312 g/mol. The third-order valence-corrected chi connectivity index (χ3v) is 3.45. The Morgan fingerprint density at radius 3 is 2.35 bits per heavy atom. The van der Waals surface area contributed by atoms with Crippen LogP contribution in [0.25, 0.3) is 0 Å². The number of carbonyl (C=O) groups excluding carboxylic acids is 2. The van der Waals surface area contributed by atoms with E-state index in [9.17, 15) is 9.59 Å². The van der Waals surface area contributed by atoms with Crippen molar-refractivity contribution in [3.63, 3.8) is 0 Å². The van der Waals surface area contributed by atoms with E-state index in [2.05, 4.69) is 10.3 Å². The van der Waals surface area contributed by atoms with E-state index in [4.69, 9.17) is 4.74 Å². The van der Waals surface area contributed by atoms with Gasteiger partial charge in [-0.05, 0) is 51.0 Å². The van der Waals surface area contributed by atoms with Crippen LogP contribution in [0.1, 0.15) is 34.1 Å². The number of aromatic nitrogens is 1. The van der Waals surface area contributed by atoms with Crippen LogP contribution in [0.4, 0.5) is 5.69 Å². The fourth-order valence-electron chi connectivity index (χ4n) is 2.36. The van der Waals surface area contributed by atoms with Crippen LogP contribution >= 0.6 is 0 Å². The third-order valence-electron chi connectivity index (χ3n) is 3.45. The summed E-state index contributed by atoms with van der Waals surface area (Å²) in [5.41, 5.74) is 4.00. The molecule has 0 saturated carbocycles. The summed E-state index contributed by atoms with van der Waals surface area (Å²) in [6.45, 7) is 7.40.